The zero-order chi connectivity index (χ0) is 16.4. The molecule has 2 aromatic carbocycles. The predicted molar refractivity (Wildman–Crippen MR) is 99.2 cm³/mol. The lowest BCUT2D eigenvalue weighted by Crippen LogP contribution is -2.29. The number of hydrogen-bond donors (Lipinski definition) is 0. The molecule has 1 aromatic heterocycles. The predicted octanol–water partition coefficient (Wildman–Crippen LogP) is 5.14. The van der Waals surface area contributed by atoms with Gasteiger partial charge >= 0.3 is 0 Å². The Labute approximate surface area is 148 Å². The summed E-state index contributed by atoms with van der Waals surface area (Å²) >= 11 is 6.58. The molecule has 0 bridgehead atoms. The monoisotopic (exact) mass is 336 g/mol. The summed E-state index contributed by atoms with van der Waals surface area (Å²) in [6.45, 7) is 3.06. The maximum atomic E-state index is 6.58. The van der Waals surface area contributed by atoms with Crippen LogP contribution in [0.2, 0.25) is 5.02 Å². The van der Waals surface area contributed by atoms with Crippen molar-refractivity contribution < 1.29 is 0 Å². The Morgan fingerprint density at radius 3 is 2.50 bits per heavy atom. The molecule has 0 saturated heterocycles. The second-order valence-corrected chi connectivity index (χ2v) is 6.77. The summed E-state index contributed by atoms with van der Waals surface area (Å²) in [7, 11) is 0. The minimum atomic E-state index is 0.191. The molecule has 1 aliphatic rings. The summed E-state index contributed by atoms with van der Waals surface area (Å²) < 4.78 is 2.37. The molecule has 0 radical (unpaired) electrons. The van der Waals surface area contributed by atoms with E-state index in [1.165, 1.54) is 16.8 Å². The SMILES string of the molecule is Clc1ccccc1C1c2cccn2CCCN1Cc1ccccc1. The van der Waals surface area contributed by atoms with Crippen LogP contribution < -0.4 is 0 Å². The molecule has 0 spiro atoms. The third-order valence-corrected chi connectivity index (χ3v) is 5.13. The van der Waals surface area contributed by atoms with Crippen molar-refractivity contribution in [2.45, 2.75) is 25.6 Å². The van der Waals surface area contributed by atoms with Gasteiger partial charge in [-0.3, -0.25) is 4.90 Å². The minimum absolute atomic E-state index is 0.191. The van der Waals surface area contributed by atoms with Crippen molar-refractivity contribution in [1.29, 1.82) is 0 Å². The molecule has 2 heterocycles. The summed E-state index contributed by atoms with van der Waals surface area (Å²) in [5.74, 6) is 0. The van der Waals surface area contributed by atoms with E-state index in [1.807, 2.05) is 12.1 Å². The fraction of sp³-hybridized carbons (Fsp3) is 0.238. The molecule has 4 rings (SSSR count). The van der Waals surface area contributed by atoms with Crippen LogP contribution in [0.3, 0.4) is 0 Å². The number of halogens is 1. The van der Waals surface area contributed by atoms with Gasteiger partial charge in [0.05, 0.1) is 6.04 Å². The Morgan fingerprint density at radius 2 is 1.67 bits per heavy atom. The van der Waals surface area contributed by atoms with E-state index < -0.39 is 0 Å². The van der Waals surface area contributed by atoms with Crippen LogP contribution in [0, 0.1) is 0 Å². The normalized spacial score (nSPS) is 18.1. The molecule has 0 aliphatic carbocycles. The zero-order valence-corrected chi connectivity index (χ0v) is 14.4. The van der Waals surface area contributed by atoms with E-state index in [9.17, 15) is 0 Å². The van der Waals surface area contributed by atoms with Crippen LogP contribution in [0.5, 0.6) is 0 Å². The number of hydrogen-bond acceptors (Lipinski definition) is 1. The van der Waals surface area contributed by atoms with Gasteiger partial charge in [0.15, 0.2) is 0 Å². The van der Waals surface area contributed by atoms with Gasteiger partial charge < -0.3 is 4.57 Å². The molecule has 0 saturated carbocycles. The smallest absolute Gasteiger partial charge is 0.0773 e. The molecule has 3 aromatic rings. The van der Waals surface area contributed by atoms with Crippen molar-refractivity contribution in [2.24, 2.45) is 0 Å². The molecular weight excluding hydrogens is 316 g/mol. The molecule has 0 fully saturated rings. The van der Waals surface area contributed by atoms with Gasteiger partial charge in [-0.05, 0) is 35.7 Å². The number of benzene rings is 2. The Balaban J connectivity index is 1.77. The average Bonchev–Trinajstić information content (AvgIpc) is 2.99. The number of aromatic nitrogens is 1. The first-order valence-corrected chi connectivity index (χ1v) is 8.88. The van der Waals surface area contributed by atoms with E-state index in [0.29, 0.717) is 0 Å². The van der Waals surface area contributed by atoms with Crippen molar-refractivity contribution in [1.82, 2.24) is 9.47 Å². The molecule has 24 heavy (non-hydrogen) atoms. The number of aryl methyl sites for hydroxylation is 1. The van der Waals surface area contributed by atoms with Crippen molar-refractivity contribution in [3.05, 3.63) is 94.8 Å². The average molecular weight is 337 g/mol. The lowest BCUT2D eigenvalue weighted by atomic mass is 10.0. The third kappa shape index (κ3) is 3.00. The van der Waals surface area contributed by atoms with E-state index in [2.05, 4.69) is 70.3 Å². The molecule has 3 heteroatoms. The molecular formula is C21H21ClN2. The van der Waals surface area contributed by atoms with E-state index in [-0.39, 0.29) is 6.04 Å². The Kier molecular flexibility index (Phi) is 4.42. The molecule has 122 valence electrons. The zero-order valence-electron chi connectivity index (χ0n) is 13.6. The van der Waals surface area contributed by atoms with E-state index >= 15 is 0 Å². The second-order valence-electron chi connectivity index (χ2n) is 6.36. The fourth-order valence-electron chi connectivity index (χ4n) is 3.68. The van der Waals surface area contributed by atoms with Gasteiger partial charge in [-0.15, -0.1) is 0 Å². The van der Waals surface area contributed by atoms with Gasteiger partial charge in [0.25, 0.3) is 0 Å². The van der Waals surface area contributed by atoms with Crippen molar-refractivity contribution in [2.75, 3.05) is 6.54 Å². The second kappa shape index (κ2) is 6.84. The highest BCUT2D eigenvalue weighted by Crippen LogP contribution is 2.36. The lowest BCUT2D eigenvalue weighted by Gasteiger charge is -2.31. The van der Waals surface area contributed by atoms with Crippen LogP contribution in [0.1, 0.15) is 29.3 Å². The maximum Gasteiger partial charge on any atom is 0.0773 e. The van der Waals surface area contributed by atoms with Crippen LogP contribution in [0.25, 0.3) is 0 Å². The van der Waals surface area contributed by atoms with Crippen molar-refractivity contribution >= 4 is 11.6 Å². The molecule has 1 atom stereocenters. The topological polar surface area (TPSA) is 8.17 Å². The van der Waals surface area contributed by atoms with Crippen molar-refractivity contribution in [3.8, 4) is 0 Å². The van der Waals surface area contributed by atoms with Gasteiger partial charge in [0.1, 0.15) is 0 Å². The van der Waals surface area contributed by atoms with Crippen LogP contribution in [0.15, 0.2) is 72.9 Å². The molecule has 0 amide bonds. The highest BCUT2D eigenvalue weighted by atomic mass is 35.5. The minimum Gasteiger partial charge on any atom is -0.350 e. The maximum absolute atomic E-state index is 6.58. The lowest BCUT2D eigenvalue weighted by molar-refractivity contribution is 0.220. The molecule has 1 aliphatic heterocycles. The largest absolute Gasteiger partial charge is 0.350 e. The first kappa shape index (κ1) is 15.5. The first-order chi connectivity index (χ1) is 11.8. The van der Waals surface area contributed by atoms with Crippen LogP contribution in [-0.4, -0.2) is 16.0 Å². The van der Waals surface area contributed by atoms with Crippen molar-refractivity contribution in [3.63, 3.8) is 0 Å². The summed E-state index contributed by atoms with van der Waals surface area (Å²) in [4.78, 5) is 2.55. The molecule has 1 unspecified atom stereocenters. The first-order valence-electron chi connectivity index (χ1n) is 8.50. The summed E-state index contributed by atoms with van der Waals surface area (Å²) in [6.07, 6.45) is 3.33. The number of rotatable bonds is 3. The quantitative estimate of drug-likeness (QED) is 0.643. The summed E-state index contributed by atoms with van der Waals surface area (Å²) in [5, 5.41) is 0.843. The Hall–Kier alpha value is -2.03. The summed E-state index contributed by atoms with van der Waals surface area (Å²) in [5.41, 5.74) is 3.86. The third-order valence-electron chi connectivity index (χ3n) is 4.78. The summed E-state index contributed by atoms with van der Waals surface area (Å²) in [6, 6.07) is 23.5. The van der Waals surface area contributed by atoms with Gasteiger partial charge in [-0.2, -0.15) is 0 Å². The number of nitrogens with zero attached hydrogens (tertiary/aromatic N) is 2. The Morgan fingerprint density at radius 1 is 0.875 bits per heavy atom. The van der Waals surface area contributed by atoms with E-state index in [0.717, 1.165) is 31.1 Å². The highest BCUT2D eigenvalue weighted by Gasteiger charge is 2.28. The van der Waals surface area contributed by atoms with Gasteiger partial charge in [-0.1, -0.05) is 60.1 Å². The Bertz CT molecular complexity index is 809. The fourth-order valence-corrected chi connectivity index (χ4v) is 3.92. The van der Waals surface area contributed by atoms with Gasteiger partial charge in [0, 0.05) is 36.5 Å². The van der Waals surface area contributed by atoms with Gasteiger partial charge in [0.2, 0.25) is 0 Å². The molecule has 0 N–H and O–H groups in total. The number of fused-ring (bicyclic) bond motifs is 1. The van der Waals surface area contributed by atoms with Gasteiger partial charge in [-0.25, -0.2) is 0 Å². The highest BCUT2D eigenvalue weighted by molar-refractivity contribution is 6.31. The molecule has 2 nitrogen and oxygen atoms in total. The van der Waals surface area contributed by atoms with E-state index in [4.69, 9.17) is 11.6 Å². The van der Waals surface area contributed by atoms with Crippen LogP contribution >= 0.6 is 11.6 Å². The standard InChI is InChI=1S/C21H21ClN2/c22-19-11-5-4-10-18(19)21-20-12-6-13-23(20)14-7-15-24(21)16-17-8-2-1-3-9-17/h1-6,8-13,21H,7,14-16H2. The van der Waals surface area contributed by atoms with Crippen LogP contribution in [-0.2, 0) is 13.1 Å². The van der Waals surface area contributed by atoms with Crippen LogP contribution in [0.4, 0.5) is 0 Å². The van der Waals surface area contributed by atoms with E-state index in [1.54, 1.807) is 0 Å².